The molecule has 0 heterocycles. The third kappa shape index (κ3) is 2.88. The molecule has 0 radical (unpaired) electrons. The lowest BCUT2D eigenvalue weighted by Gasteiger charge is -2.03. The van der Waals surface area contributed by atoms with Crippen LogP contribution >= 0.6 is 11.8 Å². The van der Waals surface area contributed by atoms with Crippen LogP contribution in [-0.4, -0.2) is 12.3 Å². The fourth-order valence-electron chi connectivity index (χ4n) is 1.04. The molecule has 2 heteroatoms. The lowest BCUT2D eigenvalue weighted by molar-refractivity contribution is 1.15. The summed E-state index contributed by atoms with van der Waals surface area (Å²) in [5, 5.41) is 0. The van der Waals surface area contributed by atoms with Crippen molar-refractivity contribution in [1.82, 2.24) is 0 Å². The molecule has 0 aliphatic carbocycles. The van der Waals surface area contributed by atoms with E-state index in [2.05, 4.69) is 31.2 Å². The van der Waals surface area contributed by atoms with E-state index in [0.717, 1.165) is 18.1 Å². The van der Waals surface area contributed by atoms with Gasteiger partial charge in [-0.15, -0.1) is 0 Å². The monoisotopic (exact) mass is 181 g/mol. The van der Waals surface area contributed by atoms with E-state index in [-0.39, 0.29) is 0 Å². The number of aryl methyl sites for hydroxylation is 1. The lowest BCUT2D eigenvalue weighted by atomic mass is 10.1. The summed E-state index contributed by atoms with van der Waals surface area (Å²) in [5.41, 5.74) is 8.21. The topological polar surface area (TPSA) is 26.0 Å². The summed E-state index contributed by atoms with van der Waals surface area (Å²) in [6, 6.07) is 8.50. The van der Waals surface area contributed by atoms with Crippen LogP contribution in [0.25, 0.3) is 0 Å². The summed E-state index contributed by atoms with van der Waals surface area (Å²) in [4.78, 5) is 0. The van der Waals surface area contributed by atoms with Crippen LogP contribution in [0.5, 0.6) is 0 Å². The Morgan fingerprint density at radius 3 is 2.75 bits per heavy atom. The van der Waals surface area contributed by atoms with E-state index < -0.39 is 0 Å². The molecule has 0 aliphatic rings. The van der Waals surface area contributed by atoms with Crippen LogP contribution in [0.4, 0.5) is 0 Å². The summed E-state index contributed by atoms with van der Waals surface area (Å²) < 4.78 is 0. The van der Waals surface area contributed by atoms with Crippen LogP contribution in [-0.2, 0) is 5.75 Å². The molecular formula is C10H15NS. The summed E-state index contributed by atoms with van der Waals surface area (Å²) in [5.74, 6) is 2.14. The molecule has 1 nitrogen and oxygen atoms in total. The van der Waals surface area contributed by atoms with Gasteiger partial charge in [-0.3, -0.25) is 0 Å². The van der Waals surface area contributed by atoms with Crippen molar-refractivity contribution in [2.75, 3.05) is 12.3 Å². The van der Waals surface area contributed by atoms with E-state index in [9.17, 15) is 0 Å². The van der Waals surface area contributed by atoms with Gasteiger partial charge in [-0.2, -0.15) is 11.8 Å². The number of nitrogens with two attached hydrogens (primary N) is 1. The Hall–Kier alpha value is -0.470. The molecule has 2 N–H and O–H groups in total. The molecule has 0 fully saturated rings. The van der Waals surface area contributed by atoms with Gasteiger partial charge in [0.15, 0.2) is 0 Å². The van der Waals surface area contributed by atoms with Crippen molar-refractivity contribution in [3.63, 3.8) is 0 Å². The van der Waals surface area contributed by atoms with Crippen LogP contribution in [0.15, 0.2) is 24.3 Å². The lowest BCUT2D eigenvalue weighted by Crippen LogP contribution is -2.01. The zero-order chi connectivity index (χ0) is 8.81. The van der Waals surface area contributed by atoms with Crippen LogP contribution in [0.2, 0.25) is 0 Å². The highest BCUT2D eigenvalue weighted by molar-refractivity contribution is 7.98. The normalized spacial score (nSPS) is 10.2. The molecule has 0 unspecified atom stereocenters. The van der Waals surface area contributed by atoms with E-state index in [1.54, 1.807) is 0 Å². The van der Waals surface area contributed by atoms with Gasteiger partial charge >= 0.3 is 0 Å². The average molecular weight is 181 g/mol. The largest absolute Gasteiger partial charge is 0.330 e. The molecule has 0 aliphatic heterocycles. The number of hydrogen-bond donors (Lipinski definition) is 1. The van der Waals surface area contributed by atoms with E-state index in [1.807, 2.05) is 11.8 Å². The minimum Gasteiger partial charge on any atom is -0.330 e. The second kappa shape index (κ2) is 5.22. The average Bonchev–Trinajstić information content (AvgIpc) is 2.09. The number of hydrogen-bond acceptors (Lipinski definition) is 2. The third-order valence-electron chi connectivity index (χ3n) is 1.78. The van der Waals surface area contributed by atoms with E-state index in [4.69, 9.17) is 5.73 Å². The first-order valence-electron chi connectivity index (χ1n) is 4.17. The van der Waals surface area contributed by atoms with E-state index in [0.29, 0.717) is 0 Å². The summed E-state index contributed by atoms with van der Waals surface area (Å²) in [6.07, 6.45) is 0. The molecule has 0 atom stereocenters. The maximum absolute atomic E-state index is 5.41. The highest BCUT2D eigenvalue weighted by atomic mass is 32.2. The fraction of sp³-hybridized carbons (Fsp3) is 0.400. The standard InChI is InChI=1S/C10H15NS/c1-9-4-2-3-5-10(9)8-12-7-6-11/h2-5H,6-8,11H2,1H3. The second-order valence-electron chi connectivity index (χ2n) is 2.77. The summed E-state index contributed by atoms with van der Waals surface area (Å²) >= 11 is 1.90. The van der Waals surface area contributed by atoms with Gasteiger partial charge in [0, 0.05) is 18.1 Å². The zero-order valence-corrected chi connectivity index (χ0v) is 8.23. The molecule has 66 valence electrons. The SMILES string of the molecule is Cc1ccccc1CSCCN. The van der Waals surface area contributed by atoms with Crippen LogP contribution in [0.3, 0.4) is 0 Å². The van der Waals surface area contributed by atoms with E-state index in [1.165, 1.54) is 11.1 Å². The first-order chi connectivity index (χ1) is 5.84. The summed E-state index contributed by atoms with van der Waals surface area (Å²) in [7, 11) is 0. The first-order valence-corrected chi connectivity index (χ1v) is 5.32. The summed E-state index contributed by atoms with van der Waals surface area (Å²) in [6.45, 7) is 2.93. The Labute approximate surface area is 78.4 Å². The van der Waals surface area contributed by atoms with Gasteiger partial charge < -0.3 is 5.73 Å². The van der Waals surface area contributed by atoms with Gasteiger partial charge in [-0.1, -0.05) is 24.3 Å². The van der Waals surface area contributed by atoms with Gasteiger partial charge in [-0.05, 0) is 18.1 Å². The van der Waals surface area contributed by atoms with Crippen LogP contribution in [0, 0.1) is 6.92 Å². The molecular weight excluding hydrogens is 166 g/mol. The zero-order valence-electron chi connectivity index (χ0n) is 7.42. The van der Waals surface area contributed by atoms with Crippen molar-refractivity contribution in [2.45, 2.75) is 12.7 Å². The van der Waals surface area contributed by atoms with Gasteiger partial charge in [0.1, 0.15) is 0 Å². The van der Waals surface area contributed by atoms with E-state index >= 15 is 0 Å². The quantitative estimate of drug-likeness (QED) is 0.721. The van der Waals surface area contributed by atoms with Crippen LogP contribution in [0.1, 0.15) is 11.1 Å². The Morgan fingerprint density at radius 2 is 2.08 bits per heavy atom. The molecule has 0 amide bonds. The fourth-order valence-corrected chi connectivity index (χ4v) is 1.89. The first kappa shape index (κ1) is 9.62. The Balaban J connectivity index is 2.46. The van der Waals surface area contributed by atoms with Crippen molar-refractivity contribution < 1.29 is 0 Å². The smallest absolute Gasteiger partial charge is 0.0187 e. The predicted molar refractivity (Wildman–Crippen MR) is 56.4 cm³/mol. The van der Waals surface area contributed by atoms with Gasteiger partial charge in [0.2, 0.25) is 0 Å². The van der Waals surface area contributed by atoms with Crippen molar-refractivity contribution in [2.24, 2.45) is 5.73 Å². The van der Waals surface area contributed by atoms with Gasteiger partial charge in [0.25, 0.3) is 0 Å². The minimum absolute atomic E-state index is 0.774. The Morgan fingerprint density at radius 1 is 1.33 bits per heavy atom. The minimum atomic E-state index is 0.774. The Bertz CT molecular complexity index is 235. The Kier molecular flexibility index (Phi) is 4.19. The predicted octanol–water partition coefficient (Wildman–Crippen LogP) is 2.19. The van der Waals surface area contributed by atoms with Gasteiger partial charge in [0.05, 0.1) is 0 Å². The number of benzene rings is 1. The highest BCUT2D eigenvalue weighted by Gasteiger charge is 1.95. The molecule has 1 aromatic rings. The third-order valence-corrected chi connectivity index (χ3v) is 2.82. The highest BCUT2D eigenvalue weighted by Crippen LogP contribution is 2.14. The maximum Gasteiger partial charge on any atom is 0.0187 e. The number of thioether (sulfide) groups is 1. The van der Waals surface area contributed by atoms with Crippen LogP contribution < -0.4 is 5.73 Å². The molecule has 0 aromatic heterocycles. The molecule has 0 spiro atoms. The maximum atomic E-state index is 5.41. The molecule has 0 saturated heterocycles. The second-order valence-corrected chi connectivity index (χ2v) is 3.87. The van der Waals surface area contributed by atoms with Gasteiger partial charge in [-0.25, -0.2) is 0 Å². The molecule has 0 bridgehead atoms. The van der Waals surface area contributed by atoms with Crippen molar-refractivity contribution in [3.05, 3.63) is 35.4 Å². The van der Waals surface area contributed by atoms with Crippen molar-refractivity contribution >= 4 is 11.8 Å². The number of rotatable bonds is 4. The van der Waals surface area contributed by atoms with Crippen molar-refractivity contribution in [1.29, 1.82) is 0 Å². The molecule has 12 heavy (non-hydrogen) atoms. The molecule has 1 aromatic carbocycles. The molecule has 1 rings (SSSR count). The molecule has 0 saturated carbocycles. The van der Waals surface area contributed by atoms with Crippen molar-refractivity contribution in [3.8, 4) is 0 Å².